The van der Waals surface area contributed by atoms with E-state index in [-0.39, 0.29) is 17.4 Å². The molecule has 0 saturated heterocycles. The molecule has 1 aliphatic carbocycles. The SMILES string of the molecule is CCOC[C@@]1(CN)[C@@H](c2ccc(Br)cc2)[C@@H]1S(=O)(=O)c1ccc(Cl)cc1. The standard InChI is InChI=1S/C19H21BrClNO3S/c1-2-25-12-19(11-22)17(13-3-5-14(20)6-4-13)18(19)26(23,24)16-9-7-15(21)8-10-16/h3-10,17-18H,2,11-12,22H2,1H3/t17-,18-,19-/m0/s1. The molecule has 140 valence electrons. The summed E-state index contributed by atoms with van der Waals surface area (Å²) in [5.74, 6) is -0.201. The monoisotopic (exact) mass is 457 g/mol. The van der Waals surface area contributed by atoms with Crippen molar-refractivity contribution < 1.29 is 13.2 Å². The zero-order chi connectivity index (χ0) is 18.9. The molecule has 1 fully saturated rings. The van der Waals surface area contributed by atoms with Gasteiger partial charge in [0, 0.05) is 34.0 Å². The molecule has 1 saturated carbocycles. The number of benzene rings is 2. The lowest BCUT2D eigenvalue weighted by Crippen LogP contribution is -2.29. The summed E-state index contributed by atoms with van der Waals surface area (Å²) in [6, 6.07) is 14.0. The van der Waals surface area contributed by atoms with E-state index in [9.17, 15) is 8.42 Å². The molecule has 1 aliphatic rings. The minimum Gasteiger partial charge on any atom is -0.381 e. The molecule has 0 spiro atoms. The largest absolute Gasteiger partial charge is 0.381 e. The summed E-state index contributed by atoms with van der Waals surface area (Å²) in [5.41, 5.74) is 6.42. The predicted octanol–water partition coefficient (Wildman–Crippen LogP) is 4.02. The van der Waals surface area contributed by atoms with Crippen molar-refractivity contribution >= 4 is 37.4 Å². The minimum absolute atomic E-state index is 0.201. The van der Waals surface area contributed by atoms with Crippen LogP contribution in [-0.2, 0) is 14.6 Å². The lowest BCUT2D eigenvalue weighted by molar-refractivity contribution is 0.101. The molecule has 4 nitrogen and oxygen atoms in total. The van der Waals surface area contributed by atoms with E-state index in [2.05, 4.69) is 15.9 Å². The lowest BCUT2D eigenvalue weighted by Gasteiger charge is -2.16. The van der Waals surface area contributed by atoms with Crippen LogP contribution in [0, 0.1) is 5.41 Å². The van der Waals surface area contributed by atoms with Crippen LogP contribution in [0.2, 0.25) is 5.02 Å². The maximum Gasteiger partial charge on any atom is 0.182 e. The molecule has 7 heteroatoms. The van der Waals surface area contributed by atoms with Crippen molar-refractivity contribution in [3.05, 3.63) is 63.6 Å². The van der Waals surface area contributed by atoms with E-state index in [1.54, 1.807) is 24.3 Å². The van der Waals surface area contributed by atoms with Gasteiger partial charge in [0.15, 0.2) is 9.84 Å². The Labute approximate surface area is 167 Å². The summed E-state index contributed by atoms with van der Waals surface area (Å²) in [6.07, 6.45) is 0. The third kappa shape index (κ3) is 3.45. The van der Waals surface area contributed by atoms with E-state index in [0.717, 1.165) is 10.0 Å². The molecule has 2 N–H and O–H groups in total. The summed E-state index contributed by atoms with van der Waals surface area (Å²) in [4.78, 5) is 0.265. The first kappa shape index (κ1) is 19.8. The summed E-state index contributed by atoms with van der Waals surface area (Å²) in [7, 11) is -3.57. The van der Waals surface area contributed by atoms with Gasteiger partial charge in [0.2, 0.25) is 0 Å². The molecule has 0 heterocycles. The normalized spacial score (nSPS) is 25.2. The second kappa shape index (κ2) is 7.60. The lowest BCUT2D eigenvalue weighted by atomic mass is 10.00. The number of halogens is 2. The Kier molecular flexibility index (Phi) is 5.80. The predicted molar refractivity (Wildman–Crippen MR) is 107 cm³/mol. The van der Waals surface area contributed by atoms with Crippen molar-refractivity contribution in [2.45, 2.75) is 23.0 Å². The van der Waals surface area contributed by atoms with E-state index < -0.39 is 20.5 Å². The van der Waals surface area contributed by atoms with Crippen LogP contribution in [-0.4, -0.2) is 33.4 Å². The van der Waals surface area contributed by atoms with Gasteiger partial charge in [0.05, 0.1) is 16.8 Å². The van der Waals surface area contributed by atoms with Crippen LogP contribution in [0.25, 0.3) is 0 Å². The van der Waals surface area contributed by atoms with Crippen molar-refractivity contribution in [1.82, 2.24) is 0 Å². The third-order valence-corrected chi connectivity index (χ3v) is 8.16. The minimum atomic E-state index is -3.57. The fourth-order valence-electron chi connectivity index (χ4n) is 3.66. The first-order valence-corrected chi connectivity index (χ1v) is 11.1. The second-order valence-corrected chi connectivity index (χ2v) is 9.94. The molecule has 3 atom stereocenters. The molecule has 0 amide bonds. The highest BCUT2D eigenvalue weighted by Gasteiger charge is 2.70. The third-order valence-electron chi connectivity index (χ3n) is 5.04. The number of rotatable bonds is 7. The number of hydrogen-bond acceptors (Lipinski definition) is 4. The van der Waals surface area contributed by atoms with Crippen molar-refractivity contribution in [2.24, 2.45) is 11.1 Å². The van der Waals surface area contributed by atoms with Gasteiger partial charge in [0.1, 0.15) is 0 Å². The molecular weight excluding hydrogens is 438 g/mol. The molecule has 0 radical (unpaired) electrons. The Bertz CT molecular complexity index is 871. The smallest absolute Gasteiger partial charge is 0.182 e. The molecule has 0 bridgehead atoms. The van der Waals surface area contributed by atoms with Gasteiger partial charge >= 0.3 is 0 Å². The van der Waals surface area contributed by atoms with Gasteiger partial charge in [0.25, 0.3) is 0 Å². The van der Waals surface area contributed by atoms with Crippen LogP contribution in [0.5, 0.6) is 0 Å². The number of sulfone groups is 1. The molecular formula is C19H21BrClNO3S. The summed E-state index contributed by atoms with van der Waals surface area (Å²) >= 11 is 9.33. The van der Waals surface area contributed by atoms with E-state index in [1.807, 2.05) is 31.2 Å². The average molecular weight is 459 g/mol. The van der Waals surface area contributed by atoms with Gasteiger partial charge in [-0.15, -0.1) is 0 Å². The highest BCUT2D eigenvalue weighted by molar-refractivity contribution is 9.10. The number of hydrogen-bond donors (Lipinski definition) is 1. The van der Waals surface area contributed by atoms with Gasteiger partial charge < -0.3 is 10.5 Å². The summed E-state index contributed by atoms with van der Waals surface area (Å²) in [5, 5.41) is -0.113. The molecule has 26 heavy (non-hydrogen) atoms. The quantitative estimate of drug-likeness (QED) is 0.680. The molecule has 0 aliphatic heterocycles. The fraction of sp³-hybridized carbons (Fsp3) is 0.368. The zero-order valence-corrected chi connectivity index (χ0v) is 17.5. The van der Waals surface area contributed by atoms with Crippen molar-refractivity contribution in [3.8, 4) is 0 Å². The van der Waals surface area contributed by atoms with Crippen LogP contribution in [0.3, 0.4) is 0 Å². The Balaban J connectivity index is 2.03. The Morgan fingerprint density at radius 2 is 1.77 bits per heavy atom. The molecule has 2 aromatic carbocycles. The van der Waals surface area contributed by atoms with Crippen molar-refractivity contribution in [1.29, 1.82) is 0 Å². The first-order chi connectivity index (χ1) is 12.4. The Hall–Kier alpha value is -0.920. The van der Waals surface area contributed by atoms with Crippen LogP contribution in [0.4, 0.5) is 0 Å². The number of nitrogens with two attached hydrogens (primary N) is 1. The van der Waals surface area contributed by atoms with Crippen LogP contribution >= 0.6 is 27.5 Å². The van der Waals surface area contributed by atoms with Gasteiger partial charge in [-0.25, -0.2) is 8.42 Å². The zero-order valence-electron chi connectivity index (χ0n) is 14.4. The van der Waals surface area contributed by atoms with E-state index >= 15 is 0 Å². The van der Waals surface area contributed by atoms with Crippen LogP contribution < -0.4 is 5.73 Å². The maximum atomic E-state index is 13.3. The first-order valence-electron chi connectivity index (χ1n) is 8.39. The highest BCUT2D eigenvalue weighted by atomic mass is 79.9. The summed E-state index contributed by atoms with van der Waals surface area (Å²) < 4.78 is 33.2. The molecule has 0 unspecified atom stereocenters. The van der Waals surface area contributed by atoms with Gasteiger partial charge in [-0.2, -0.15) is 0 Å². The number of ether oxygens (including phenoxy) is 1. The van der Waals surface area contributed by atoms with Gasteiger partial charge in [-0.3, -0.25) is 0 Å². The topological polar surface area (TPSA) is 69.4 Å². The van der Waals surface area contributed by atoms with E-state index in [4.69, 9.17) is 22.1 Å². The molecule has 0 aromatic heterocycles. The van der Waals surface area contributed by atoms with E-state index in [0.29, 0.717) is 18.2 Å². The molecule has 3 rings (SSSR count). The average Bonchev–Trinajstić information content (AvgIpc) is 3.31. The Morgan fingerprint density at radius 1 is 1.15 bits per heavy atom. The van der Waals surface area contributed by atoms with Gasteiger partial charge in [-0.1, -0.05) is 39.7 Å². The highest BCUT2D eigenvalue weighted by Crippen LogP contribution is 2.63. The van der Waals surface area contributed by atoms with Crippen LogP contribution in [0.1, 0.15) is 18.4 Å². The van der Waals surface area contributed by atoms with Gasteiger partial charge in [-0.05, 0) is 48.9 Å². The Morgan fingerprint density at radius 3 is 2.31 bits per heavy atom. The van der Waals surface area contributed by atoms with Crippen molar-refractivity contribution in [3.63, 3.8) is 0 Å². The fourth-order valence-corrected chi connectivity index (χ4v) is 6.49. The van der Waals surface area contributed by atoms with E-state index in [1.165, 1.54) is 0 Å². The van der Waals surface area contributed by atoms with Crippen molar-refractivity contribution in [2.75, 3.05) is 19.8 Å². The van der Waals surface area contributed by atoms with Crippen LogP contribution in [0.15, 0.2) is 57.9 Å². The maximum absolute atomic E-state index is 13.3. The molecule has 2 aromatic rings. The second-order valence-electron chi connectivity index (χ2n) is 6.52. The summed E-state index contributed by atoms with van der Waals surface area (Å²) in [6.45, 7) is 2.97.